The Morgan fingerprint density at radius 3 is 2.55 bits per heavy atom. The van der Waals surface area contributed by atoms with Crippen molar-refractivity contribution in [2.75, 3.05) is 6.54 Å². The summed E-state index contributed by atoms with van der Waals surface area (Å²) in [6.07, 6.45) is -0.0185. The molecule has 1 aromatic rings. The van der Waals surface area contributed by atoms with E-state index in [4.69, 9.17) is 10.8 Å². The fraction of sp³-hybridized carbons (Fsp3) is 0.429. The average Bonchev–Trinajstić information content (AvgIpc) is 2.35. The van der Waals surface area contributed by atoms with Crippen molar-refractivity contribution in [2.24, 2.45) is 5.73 Å². The van der Waals surface area contributed by atoms with Gasteiger partial charge in [-0.25, -0.2) is 4.39 Å². The standard InChI is InChI=1S/C14H19FN2O3/c1-9(2)17(6-5-13(18)19)8-11-7-10(14(16)20)3-4-12(11)15/h3-4,7,9H,5-6,8H2,1-2H3,(H2,16,20)(H,18,19). The van der Waals surface area contributed by atoms with Gasteiger partial charge in [0.05, 0.1) is 6.42 Å². The van der Waals surface area contributed by atoms with E-state index in [1.54, 1.807) is 0 Å². The predicted octanol–water partition coefficient (Wildman–Crippen LogP) is 1.61. The number of carboxylic acid groups (broad SMARTS) is 1. The molecular weight excluding hydrogens is 263 g/mol. The van der Waals surface area contributed by atoms with E-state index in [1.165, 1.54) is 18.2 Å². The molecule has 0 aliphatic heterocycles. The summed E-state index contributed by atoms with van der Waals surface area (Å²) >= 11 is 0. The number of nitrogens with two attached hydrogens (primary N) is 1. The molecule has 0 atom stereocenters. The van der Waals surface area contributed by atoms with E-state index in [1.807, 2.05) is 18.7 Å². The van der Waals surface area contributed by atoms with Gasteiger partial charge in [-0.15, -0.1) is 0 Å². The topological polar surface area (TPSA) is 83.6 Å². The van der Waals surface area contributed by atoms with E-state index in [-0.39, 0.29) is 24.6 Å². The molecule has 1 aromatic carbocycles. The molecule has 0 radical (unpaired) electrons. The zero-order valence-electron chi connectivity index (χ0n) is 11.6. The Labute approximate surface area is 117 Å². The third-order valence-electron chi connectivity index (χ3n) is 3.05. The number of hydrogen-bond acceptors (Lipinski definition) is 3. The van der Waals surface area contributed by atoms with Crippen molar-refractivity contribution in [3.8, 4) is 0 Å². The monoisotopic (exact) mass is 282 g/mol. The SMILES string of the molecule is CC(C)N(CCC(=O)O)Cc1cc(C(N)=O)ccc1F. The Bertz CT molecular complexity index is 503. The number of carboxylic acids is 1. The van der Waals surface area contributed by atoms with Crippen LogP contribution in [0, 0.1) is 5.82 Å². The van der Waals surface area contributed by atoms with E-state index in [0.29, 0.717) is 12.1 Å². The highest BCUT2D eigenvalue weighted by Crippen LogP contribution is 2.15. The Balaban J connectivity index is 2.89. The lowest BCUT2D eigenvalue weighted by molar-refractivity contribution is -0.137. The Morgan fingerprint density at radius 2 is 2.05 bits per heavy atom. The number of rotatable bonds is 7. The summed E-state index contributed by atoms with van der Waals surface area (Å²) < 4.78 is 13.8. The van der Waals surface area contributed by atoms with E-state index in [0.717, 1.165) is 0 Å². The number of primary amides is 1. The number of aliphatic carboxylic acids is 1. The van der Waals surface area contributed by atoms with Crippen LogP contribution < -0.4 is 5.73 Å². The molecule has 6 heteroatoms. The molecule has 0 heterocycles. The molecule has 0 saturated carbocycles. The predicted molar refractivity (Wildman–Crippen MR) is 72.7 cm³/mol. The summed E-state index contributed by atoms with van der Waals surface area (Å²) in [7, 11) is 0. The first-order chi connectivity index (χ1) is 9.31. The Hall–Kier alpha value is -1.95. The zero-order chi connectivity index (χ0) is 15.3. The molecule has 0 aliphatic carbocycles. The molecule has 1 amide bonds. The number of halogens is 1. The molecule has 0 fully saturated rings. The fourth-order valence-electron chi connectivity index (χ4n) is 1.83. The van der Waals surface area contributed by atoms with Crippen LogP contribution in [0.25, 0.3) is 0 Å². The van der Waals surface area contributed by atoms with Gasteiger partial charge in [0.15, 0.2) is 0 Å². The van der Waals surface area contributed by atoms with Crippen LogP contribution in [0.5, 0.6) is 0 Å². The normalized spacial score (nSPS) is 11.1. The lowest BCUT2D eigenvalue weighted by atomic mass is 10.1. The smallest absolute Gasteiger partial charge is 0.304 e. The molecular formula is C14H19FN2O3. The lowest BCUT2D eigenvalue weighted by Gasteiger charge is -2.26. The minimum atomic E-state index is -0.901. The van der Waals surface area contributed by atoms with Crippen molar-refractivity contribution >= 4 is 11.9 Å². The minimum Gasteiger partial charge on any atom is -0.481 e. The van der Waals surface area contributed by atoms with Crippen molar-refractivity contribution in [1.82, 2.24) is 4.90 Å². The second kappa shape index (κ2) is 7.00. The zero-order valence-corrected chi connectivity index (χ0v) is 11.6. The maximum Gasteiger partial charge on any atom is 0.304 e. The maximum absolute atomic E-state index is 13.8. The quantitative estimate of drug-likeness (QED) is 0.795. The van der Waals surface area contributed by atoms with Crippen LogP contribution in [-0.4, -0.2) is 34.5 Å². The highest BCUT2D eigenvalue weighted by Gasteiger charge is 2.15. The van der Waals surface area contributed by atoms with Crippen LogP contribution in [0.4, 0.5) is 4.39 Å². The van der Waals surface area contributed by atoms with E-state index < -0.39 is 17.7 Å². The van der Waals surface area contributed by atoms with E-state index in [2.05, 4.69) is 0 Å². The first kappa shape index (κ1) is 16.1. The number of carbonyl (C=O) groups excluding carboxylic acids is 1. The fourth-order valence-corrected chi connectivity index (χ4v) is 1.83. The summed E-state index contributed by atoms with van der Waals surface area (Å²) in [6.45, 7) is 4.35. The number of nitrogens with zero attached hydrogens (tertiary/aromatic N) is 1. The first-order valence-electron chi connectivity index (χ1n) is 6.35. The maximum atomic E-state index is 13.8. The van der Waals surface area contributed by atoms with Crippen molar-refractivity contribution in [3.05, 3.63) is 35.1 Å². The molecule has 0 aliphatic rings. The molecule has 0 spiro atoms. The van der Waals surface area contributed by atoms with Crippen LogP contribution in [-0.2, 0) is 11.3 Å². The van der Waals surface area contributed by atoms with Crippen molar-refractivity contribution in [2.45, 2.75) is 32.9 Å². The van der Waals surface area contributed by atoms with Crippen LogP contribution >= 0.6 is 0 Å². The van der Waals surface area contributed by atoms with E-state index in [9.17, 15) is 14.0 Å². The molecule has 0 aromatic heterocycles. The highest BCUT2D eigenvalue weighted by molar-refractivity contribution is 5.92. The van der Waals surface area contributed by atoms with E-state index >= 15 is 0 Å². The summed E-state index contributed by atoms with van der Waals surface area (Å²) in [5.74, 6) is -1.95. The molecule has 110 valence electrons. The molecule has 0 bridgehead atoms. The first-order valence-corrected chi connectivity index (χ1v) is 6.35. The van der Waals surface area contributed by atoms with Gasteiger partial charge in [0, 0.05) is 30.3 Å². The third kappa shape index (κ3) is 4.62. The summed E-state index contributed by atoms with van der Waals surface area (Å²) in [6, 6.07) is 4.00. The van der Waals surface area contributed by atoms with Gasteiger partial charge in [0.25, 0.3) is 0 Å². The summed E-state index contributed by atoms with van der Waals surface area (Å²) in [5.41, 5.74) is 5.74. The van der Waals surface area contributed by atoms with Crippen molar-refractivity contribution in [3.63, 3.8) is 0 Å². The van der Waals surface area contributed by atoms with Gasteiger partial charge in [-0.1, -0.05) is 0 Å². The number of benzene rings is 1. The van der Waals surface area contributed by atoms with Crippen LogP contribution in [0.3, 0.4) is 0 Å². The van der Waals surface area contributed by atoms with Gasteiger partial charge in [-0.05, 0) is 32.0 Å². The Morgan fingerprint density at radius 1 is 1.40 bits per heavy atom. The van der Waals surface area contributed by atoms with Gasteiger partial charge >= 0.3 is 5.97 Å². The second-order valence-corrected chi connectivity index (χ2v) is 4.88. The molecule has 20 heavy (non-hydrogen) atoms. The third-order valence-corrected chi connectivity index (χ3v) is 3.05. The van der Waals surface area contributed by atoms with Gasteiger partial charge in [-0.2, -0.15) is 0 Å². The van der Waals surface area contributed by atoms with Gasteiger partial charge in [0.2, 0.25) is 5.91 Å². The Kier molecular flexibility index (Phi) is 5.64. The number of amides is 1. The molecule has 1 rings (SSSR count). The molecule has 3 N–H and O–H groups in total. The largest absolute Gasteiger partial charge is 0.481 e. The molecule has 0 saturated heterocycles. The lowest BCUT2D eigenvalue weighted by Crippen LogP contribution is -2.32. The highest BCUT2D eigenvalue weighted by atomic mass is 19.1. The van der Waals surface area contributed by atoms with Gasteiger partial charge in [-0.3, -0.25) is 14.5 Å². The molecule has 0 unspecified atom stereocenters. The number of carbonyl (C=O) groups is 2. The number of hydrogen-bond donors (Lipinski definition) is 2. The summed E-state index contributed by atoms with van der Waals surface area (Å²) in [5, 5.41) is 8.72. The van der Waals surface area contributed by atoms with Crippen LogP contribution in [0.2, 0.25) is 0 Å². The van der Waals surface area contributed by atoms with Crippen molar-refractivity contribution in [1.29, 1.82) is 0 Å². The van der Waals surface area contributed by atoms with Crippen molar-refractivity contribution < 1.29 is 19.1 Å². The average molecular weight is 282 g/mol. The van der Waals surface area contributed by atoms with Gasteiger partial charge < -0.3 is 10.8 Å². The van der Waals surface area contributed by atoms with Gasteiger partial charge in [0.1, 0.15) is 5.82 Å². The molecule has 5 nitrogen and oxygen atoms in total. The summed E-state index contributed by atoms with van der Waals surface area (Å²) in [4.78, 5) is 23.6. The van der Waals surface area contributed by atoms with Crippen LogP contribution in [0.15, 0.2) is 18.2 Å². The van der Waals surface area contributed by atoms with Crippen LogP contribution in [0.1, 0.15) is 36.2 Å². The minimum absolute atomic E-state index is 0.0185. The second-order valence-electron chi connectivity index (χ2n) is 4.88.